The highest BCUT2D eigenvalue weighted by Gasteiger charge is 2.39. The van der Waals surface area contributed by atoms with Gasteiger partial charge in [-0.25, -0.2) is 13.6 Å². The van der Waals surface area contributed by atoms with Gasteiger partial charge in [-0.2, -0.15) is 0 Å². The Morgan fingerprint density at radius 3 is 2.32 bits per heavy atom. The summed E-state index contributed by atoms with van der Waals surface area (Å²) in [6, 6.07) is 7.92. The number of esters is 1. The van der Waals surface area contributed by atoms with Crippen molar-refractivity contribution in [3.63, 3.8) is 0 Å². The summed E-state index contributed by atoms with van der Waals surface area (Å²) < 4.78 is 38.2. The second-order valence-electron chi connectivity index (χ2n) is 12.7. The fourth-order valence-corrected chi connectivity index (χ4v) is 5.06. The van der Waals surface area contributed by atoms with Crippen LogP contribution in [0.5, 0.6) is 0 Å². The van der Waals surface area contributed by atoms with Crippen molar-refractivity contribution < 1.29 is 27.8 Å². The molecule has 3 rings (SSSR count). The van der Waals surface area contributed by atoms with Gasteiger partial charge >= 0.3 is 12.1 Å². The molecule has 1 amide bonds. The van der Waals surface area contributed by atoms with Crippen LogP contribution in [0.1, 0.15) is 79.2 Å². The minimum absolute atomic E-state index is 0.0390. The molecule has 208 valence electrons. The molecule has 0 bridgehead atoms. The molecule has 1 aromatic rings. The summed E-state index contributed by atoms with van der Waals surface area (Å²) in [5, 5.41) is 3.41. The third-order valence-electron chi connectivity index (χ3n) is 6.97. The summed E-state index contributed by atoms with van der Waals surface area (Å²) in [5.41, 5.74) is 0.719. The summed E-state index contributed by atoms with van der Waals surface area (Å²) in [6.45, 7) is 12.7. The van der Waals surface area contributed by atoms with Crippen LogP contribution in [0.2, 0.25) is 0 Å². The predicted octanol–water partition coefficient (Wildman–Crippen LogP) is 6.68. The Hall–Kier alpha value is -2.38. The third-order valence-corrected chi connectivity index (χ3v) is 6.97. The van der Waals surface area contributed by atoms with Crippen LogP contribution >= 0.6 is 0 Å². The molecule has 1 heterocycles. The number of hydrogen-bond donors (Lipinski definition) is 1. The number of hydrogen-bond acceptors (Lipinski definition) is 5. The van der Waals surface area contributed by atoms with Gasteiger partial charge in [-0.15, -0.1) is 0 Å². The van der Waals surface area contributed by atoms with Crippen LogP contribution in [0, 0.1) is 17.8 Å². The third kappa shape index (κ3) is 9.46. The Morgan fingerprint density at radius 2 is 1.70 bits per heavy atom. The van der Waals surface area contributed by atoms with Gasteiger partial charge in [-0.05, 0) is 96.8 Å². The smallest absolute Gasteiger partial charge is 0.410 e. The summed E-state index contributed by atoms with van der Waals surface area (Å²) in [4.78, 5) is 27.6. The Bertz CT molecular complexity index is 929. The van der Waals surface area contributed by atoms with Gasteiger partial charge in [0.05, 0.1) is 5.92 Å². The van der Waals surface area contributed by atoms with Crippen molar-refractivity contribution in [3.05, 3.63) is 29.8 Å². The van der Waals surface area contributed by atoms with Gasteiger partial charge in [0.2, 0.25) is 5.92 Å². The van der Waals surface area contributed by atoms with Gasteiger partial charge in [-0.1, -0.05) is 12.1 Å². The zero-order valence-corrected chi connectivity index (χ0v) is 23.2. The number of carbonyl (C=O) groups is 2. The summed E-state index contributed by atoms with van der Waals surface area (Å²) in [5.74, 6) is -2.99. The number of benzene rings is 1. The lowest BCUT2D eigenvalue weighted by Gasteiger charge is -2.29. The number of carbonyl (C=O) groups excluding carboxylic acids is 2. The molecule has 1 saturated heterocycles. The Morgan fingerprint density at radius 1 is 1.05 bits per heavy atom. The van der Waals surface area contributed by atoms with E-state index in [1.807, 2.05) is 65.8 Å². The zero-order chi connectivity index (χ0) is 27.4. The molecule has 1 aliphatic heterocycles. The number of nitrogens with zero attached hydrogens (tertiary/aromatic N) is 1. The van der Waals surface area contributed by atoms with Crippen molar-refractivity contribution in [3.8, 4) is 0 Å². The van der Waals surface area contributed by atoms with Crippen molar-refractivity contribution in [1.29, 1.82) is 0 Å². The normalized spacial score (nSPS) is 21.4. The number of ether oxygens (including phenoxy) is 2. The van der Waals surface area contributed by atoms with Crippen LogP contribution in [0.25, 0.3) is 0 Å². The second-order valence-corrected chi connectivity index (χ2v) is 12.7. The number of halogens is 2. The van der Waals surface area contributed by atoms with Crippen molar-refractivity contribution in [1.82, 2.24) is 4.90 Å². The molecular weight excluding hydrogens is 478 g/mol. The van der Waals surface area contributed by atoms with E-state index in [0.717, 1.165) is 11.3 Å². The molecule has 2 fully saturated rings. The average molecular weight is 523 g/mol. The first kappa shape index (κ1) is 29.2. The Labute approximate surface area is 220 Å². The number of anilines is 1. The first-order valence-corrected chi connectivity index (χ1v) is 13.5. The lowest BCUT2D eigenvalue weighted by atomic mass is 9.85. The van der Waals surface area contributed by atoms with E-state index >= 15 is 0 Å². The van der Waals surface area contributed by atoms with Crippen LogP contribution in [0.4, 0.5) is 19.3 Å². The van der Waals surface area contributed by atoms with Gasteiger partial charge < -0.3 is 19.7 Å². The van der Waals surface area contributed by atoms with E-state index in [2.05, 4.69) is 5.32 Å². The molecule has 2 aliphatic rings. The van der Waals surface area contributed by atoms with E-state index in [0.29, 0.717) is 45.3 Å². The summed E-state index contributed by atoms with van der Waals surface area (Å²) in [7, 11) is 0. The van der Waals surface area contributed by atoms with Gasteiger partial charge in [0.1, 0.15) is 11.2 Å². The molecule has 1 aliphatic carbocycles. The number of likely N-dealkylation sites (tertiary alicyclic amines) is 1. The molecule has 0 aromatic heterocycles. The van der Waals surface area contributed by atoms with E-state index in [-0.39, 0.29) is 36.7 Å². The largest absolute Gasteiger partial charge is 0.460 e. The highest BCUT2D eigenvalue weighted by Crippen LogP contribution is 2.36. The van der Waals surface area contributed by atoms with E-state index in [4.69, 9.17) is 9.47 Å². The molecule has 0 spiro atoms. The maximum absolute atomic E-state index is 13.5. The Kier molecular flexibility index (Phi) is 9.12. The fourth-order valence-electron chi connectivity index (χ4n) is 5.06. The van der Waals surface area contributed by atoms with Crippen LogP contribution < -0.4 is 5.32 Å². The minimum atomic E-state index is -2.52. The molecule has 37 heavy (non-hydrogen) atoms. The lowest BCUT2D eigenvalue weighted by molar-refractivity contribution is -0.162. The lowest BCUT2D eigenvalue weighted by Crippen LogP contribution is -2.38. The molecular formula is C29H44F2N2O4. The number of nitrogens with one attached hydrogen (secondary N) is 1. The maximum atomic E-state index is 13.5. The topological polar surface area (TPSA) is 67.9 Å². The molecule has 0 unspecified atom stereocenters. The second kappa shape index (κ2) is 11.6. The minimum Gasteiger partial charge on any atom is -0.460 e. The van der Waals surface area contributed by atoms with Crippen LogP contribution in [0.3, 0.4) is 0 Å². The van der Waals surface area contributed by atoms with E-state index < -0.39 is 23.0 Å². The summed E-state index contributed by atoms with van der Waals surface area (Å²) >= 11 is 0. The fraction of sp³-hybridized carbons (Fsp3) is 0.724. The van der Waals surface area contributed by atoms with E-state index in [1.165, 1.54) is 0 Å². The first-order valence-electron chi connectivity index (χ1n) is 13.5. The van der Waals surface area contributed by atoms with Gasteiger partial charge in [0.15, 0.2) is 0 Å². The van der Waals surface area contributed by atoms with Crippen molar-refractivity contribution in [2.24, 2.45) is 17.8 Å². The average Bonchev–Trinajstić information content (AvgIpc) is 3.25. The van der Waals surface area contributed by atoms with Crippen molar-refractivity contribution in [2.75, 3.05) is 25.0 Å². The maximum Gasteiger partial charge on any atom is 0.410 e. The van der Waals surface area contributed by atoms with E-state index in [9.17, 15) is 18.4 Å². The molecule has 1 aromatic carbocycles. The van der Waals surface area contributed by atoms with Crippen molar-refractivity contribution >= 4 is 17.7 Å². The summed E-state index contributed by atoms with van der Waals surface area (Å²) in [6.07, 6.45) is 1.80. The number of alkyl halides is 2. The first-order chi connectivity index (χ1) is 17.1. The molecule has 1 saturated carbocycles. The highest BCUT2D eigenvalue weighted by molar-refractivity contribution is 5.74. The van der Waals surface area contributed by atoms with Gasteiger partial charge in [0, 0.05) is 38.2 Å². The molecule has 6 nitrogen and oxygen atoms in total. The van der Waals surface area contributed by atoms with Gasteiger partial charge in [0.25, 0.3) is 0 Å². The zero-order valence-electron chi connectivity index (χ0n) is 23.2. The predicted molar refractivity (Wildman–Crippen MR) is 141 cm³/mol. The van der Waals surface area contributed by atoms with Crippen LogP contribution in [-0.2, 0) is 20.7 Å². The van der Waals surface area contributed by atoms with Crippen LogP contribution in [-0.4, -0.2) is 53.7 Å². The highest BCUT2D eigenvalue weighted by atomic mass is 19.3. The monoisotopic (exact) mass is 522 g/mol. The quantitative estimate of drug-likeness (QED) is 0.405. The Balaban J connectivity index is 1.66. The molecule has 8 heteroatoms. The van der Waals surface area contributed by atoms with Gasteiger partial charge in [-0.3, -0.25) is 4.79 Å². The van der Waals surface area contributed by atoms with Crippen LogP contribution in [0.15, 0.2) is 24.3 Å². The molecule has 0 radical (unpaired) electrons. The molecule has 1 N–H and O–H groups in total. The van der Waals surface area contributed by atoms with E-state index in [1.54, 1.807) is 4.90 Å². The molecule has 2 atom stereocenters. The number of rotatable bonds is 7. The SMILES string of the molecule is CC(C)(C)OC(=O)[C@@H](Cc1cccc(NCC2CCC(F)(F)CC2)c1)[C@H]1CCN(C(=O)OC(C)(C)C)C1. The van der Waals surface area contributed by atoms with Crippen molar-refractivity contribution in [2.45, 2.75) is 97.2 Å². The standard InChI is InChI=1S/C29H44F2N2O4/c1-27(2,3)36-25(34)24(22-12-15-33(19-22)26(35)37-28(4,5)6)17-21-8-7-9-23(16-21)32-18-20-10-13-29(30,31)14-11-20/h7-9,16,20,22,24,32H,10-15,17-19H2,1-6H3/t22-,24-/m0/s1. The number of amides is 1.